The second-order valence-electron chi connectivity index (χ2n) is 6.40. The standard InChI is InChI=1S/C17H19NO2/c1-9-3-2-4-12-8-13(20-17(9)12)16(19)14-10-5-6-11(7-10)15(14)18/h2-4,8,10-11,14-15H,5-7,18H2,1H3. The van der Waals surface area contributed by atoms with Crippen LogP contribution in [0.25, 0.3) is 11.0 Å². The Bertz CT molecular complexity index is 685. The molecule has 3 nitrogen and oxygen atoms in total. The average molecular weight is 269 g/mol. The van der Waals surface area contributed by atoms with E-state index in [1.165, 1.54) is 6.42 Å². The fourth-order valence-corrected chi connectivity index (χ4v) is 4.22. The molecule has 4 unspecified atom stereocenters. The van der Waals surface area contributed by atoms with E-state index in [-0.39, 0.29) is 17.7 Å². The van der Waals surface area contributed by atoms with E-state index in [0.717, 1.165) is 29.4 Å². The summed E-state index contributed by atoms with van der Waals surface area (Å²) in [6.45, 7) is 2.00. The van der Waals surface area contributed by atoms with Crippen LogP contribution < -0.4 is 5.73 Å². The first kappa shape index (κ1) is 12.2. The molecule has 0 spiro atoms. The molecule has 0 aliphatic heterocycles. The summed E-state index contributed by atoms with van der Waals surface area (Å²) in [7, 11) is 0. The summed E-state index contributed by atoms with van der Waals surface area (Å²) < 4.78 is 5.82. The third kappa shape index (κ3) is 1.59. The quantitative estimate of drug-likeness (QED) is 0.851. The van der Waals surface area contributed by atoms with Gasteiger partial charge in [0.2, 0.25) is 5.78 Å². The fourth-order valence-electron chi connectivity index (χ4n) is 4.22. The first-order valence-corrected chi connectivity index (χ1v) is 7.44. The van der Waals surface area contributed by atoms with Crippen molar-refractivity contribution < 1.29 is 9.21 Å². The summed E-state index contributed by atoms with van der Waals surface area (Å²) in [6.07, 6.45) is 3.46. The van der Waals surface area contributed by atoms with Gasteiger partial charge in [-0.25, -0.2) is 0 Å². The third-order valence-corrected chi connectivity index (χ3v) is 5.27. The zero-order chi connectivity index (χ0) is 13.9. The van der Waals surface area contributed by atoms with Gasteiger partial charge in [0.05, 0.1) is 0 Å². The number of hydrogen-bond donors (Lipinski definition) is 1. The molecule has 1 aromatic heterocycles. The SMILES string of the molecule is Cc1cccc2cc(C(=O)C3C4CCC(C4)C3N)oc12. The second-order valence-corrected chi connectivity index (χ2v) is 6.40. The maximum Gasteiger partial charge on any atom is 0.202 e. The number of carbonyl (C=O) groups is 1. The van der Waals surface area contributed by atoms with Crippen LogP contribution in [-0.2, 0) is 0 Å². The minimum absolute atomic E-state index is 0.0237. The Balaban J connectivity index is 1.72. The van der Waals surface area contributed by atoms with Gasteiger partial charge in [0.25, 0.3) is 0 Å². The van der Waals surface area contributed by atoms with Gasteiger partial charge < -0.3 is 10.2 Å². The Hall–Kier alpha value is -1.61. The summed E-state index contributed by atoms with van der Waals surface area (Å²) in [5.74, 6) is 1.58. The molecule has 0 saturated heterocycles. The average Bonchev–Trinajstić information content (AvgIpc) is 3.11. The topological polar surface area (TPSA) is 56.2 Å². The van der Waals surface area contributed by atoms with Gasteiger partial charge in [-0.05, 0) is 49.7 Å². The highest BCUT2D eigenvalue weighted by molar-refractivity contribution is 6.00. The van der Waals surface area contributed by atoms with Gasteiger partial charge in [-0.2, -0.15) is 0 Å². The van der Waals surface area contributed by atoms with Crippen molar-refractivity contribution in [2.45, 2.75) is 32.2 Å². The van der Waals surface area contributed by atoms with Crippen LogP contribution in [0.1, 0.15) is 35.4 Å². The maximum absolute atomic E-state index is 12.8. The molecule has 1 heterocycles. The molecule has 2 aromatic rings. The minimum atomic E-state index is -0.0328. The number of furan rings is 1. The molecule has 2 saturated carbocycles. The van der Waals surface area contributed by atoms with Crippen LogP contribution in [0.2, 0.25) is 0 Å². The normalized spacial score (nSPS) is 32.1. The summed E-state index contributed by atoms with van der Waals surface area (Å²) in [5.41, 5.74) is 8.16. The smallest absolute Gasteiger partial charge is 0.202 e. The molecule has 2 aliphatic rings. The Kier molecular flexibility index (Phi) is 2.55. The fraction of sp³-hybridized carbons (Fsp3) is 0.471. The number of Topliss-reactive ketones (excluding diaryl/α,β-unsaturated/α-hetero) is 1. The van der Waals surface area contributed by atoms with Crippen LogP contribution in [-0.4, -0.2) is 11.8 Å². The first-order chi connectivity index (χ1) is 9.65. The van der Waals surface area contributed by atoms with Crippen molar-refractivity contribution in [2.24, 2.45) is 23.5 Å². The van der Waals surface area contributed by atoms with Gasteiger partial charge in [-0.15, -0.1) is 0 Å². The van der Waals surface area contributed by atoms with Gasteiger partial charge in [0.15, 0.2) is 5.76 Å². The lowest BCUT2D eigenvalue weighted by molar-refractivity contribution is 0.0829. The zero-order valence-electron chi connectivity index (χ0n) is 11.6. The Labute approximate surface area is 118 Å². The molecular weight excluding hydrogens is 250 g/mol. The van der Waals surface area contributed by atoms with E-state index in [0.29, 0.717) is 17.6 Å². The van der Waals surface area contributed by atoms with Crippen LogP contribution in [0.5, 0.6) is 0 Å². The van der Waals surface area contributed by atoms with Crippen LogP contribution in [0, 0.1) is 24.7 Å². The summed E-state index contributed by atoms with van der Waals surface area (Å²) in [4.78, 5) is 12.8. The van der Waals surface area contributed by atoms with Crippen molar-refractivity contribution in [3.8, 4) is 0 Å². The lowest BCUT2D eigenvalue weighted by atomic mass is 9.81. The highest BCUT2D eigenvalue weighted by atomic mass is 16.3. The van der Waals surface area contributed by atoms with E-state index in [1.54, 1.807) is 0 Å². The Morgan fingerprint density at radius 3 is 2.80 bits per heavy atom. The third-order valence-electron chi connectivity index (χ3n) is 5.27. The first-order valence-electron chi connectivity index (χ1n) is 7.44. The number of rotatable bonds is 2. The van der Waals surface area contributed by atoms with E-state index >= 15 is 0 Å². The number of fused-ring (bicyclic) bond motifs is 3. The monoisotopic (exact) mass is 269 g/mol. The Morgan fingerprint density at radius 2 is 2.10 bits per heavy atom. The number of ketones is 1. The molecule has 2 bridgehead atoms. The molecular formula is C17H19NO2. The molecule has 0 radical (unpaired) electrons. The van der Waals surface area contributed by atoms with Gasteiger partial charge in [0.1, 0.15) is 5.58 Å². The van der Waals surface area contributed by atoms with Crippen molar-refractivity contribution in [3.05, 3.63) is 35.6 Å². The molecule has 0 amide bonds. The summed E-state index contributed by atoms with van der Waals surface area (Å²) in [5, 5.41) is 1.00. The zero-order valence-corrected chi connectivity index (χ0v) is 11.6. The number of nitrogens with two attached hydrogens (primary N) is 1. The highest BCUT2D eigenvalue weighted by Crippen LogP contribution is 2.48. The van der Waals surface area contributed by atoms with E-state index in [1.807, 2.05) is 31.2 Å². The number of hydrogen-bond acceptors (Lipinski definition) is 3. The van der Waals surface area contributed by atoms with Crippen molar-refractivity contribution in [1.29, 1.82) is 0 Å². The molecule has 4 atom stereocenters. The number of aryl methyl sites for hydroxylation is 1. The molecule has 1 aromatic carbocycles. The van der Waals surface area contributed by atoms with Crippen molar-refractivity contribution in [1.82, 2.24) is 0 Å². The molecule has 2 N–H and O–H groups in total. The summed E-state index contributed by atoms with van der Waals surface area (Å²) in [6, 6.07) is 7.89. The van der Waals surface area contributed by atoms with Gasteiger partial charge in [-0.3, -0.25) is 4.79 Å². The van der Waals surface area contributed by atoms with Crippen LogP contribution in [0.4, 0.5) is 0 Å². The van der Waals surface area contributed by atoms with E-state index in [4.69, 9.17) is 10.2 Å². The lowest BCUT2D eigenvalue weighted by Gasteiger charge is -2.25. The predicted molar refractivity (Wildman–Crippen MR) is 77.6 cm³/mol. The molecule has 104 valence electrons. The van der Waals surface area contributed by atoms with Crippen LogP contribution in [0.15, 0.2) is 28.7 Å². The summed E-state index contributed by atoms with van der Waals surface area (Å²) >= 11 is 0. The molecule has 20 heavy (non-hydrogen) atoms. The number of benzene rings is 1. The van der Waals surface area contributed by atoms with Crippen LogP contribution in [0.3, 0.4) is 0 Å². The Morgan fingerprint density at radius 1 is 1.30 bits per heavy atom. The molecule has 2 fully saturated rings. The molecule has 2 aliphatic carbocycles. The molecule has 4 rings (SSSR count). The van der Waals surface area contributed by atoms with E-state index < -0.39 is 0 Å². The van der Waals surface area contributed by atoms with E-state index in [2.05, 4.69) is 0 Å². The lowest BCUT2D eigenvalue weighted by Crippen LogP contribution is -2.40. The van der Waals surface area contributed by atoms with Crippen molar-refractivity contribution in [2.75, 3.05) is 0 Å². The molecule has 3 heteroatoms. The van der Waals surface area contributed by atoms with Gasteiger partial charge in [-0.1, -0.05) is 18.2 Å². The van der Waals surface area contributed by atoms with E-state index in [9.17, 15) is 4.79 Å². The second kappa shape index (κ2) is 4.19. The highest BCUT2D eigenvalue weighted by Gasteiger charge is 2.49. The maximum atomic E-state index is 12.8. The van der Waals surface area contributed by atoms with Gasteiger partial charge in [0, 0.05) is 17.3 Å². The van der Waals surface area contributed by atoms with Gasteiger partial charge >= 0.3 is 0 Å². The largest absolute Gasteiger partial charge is 0.453 e. The van der Waals surface area contributed by atoms with Crippen molar-refractivity contribution in [3.63, 3.8) is 0 Å². The number of para-hydroxylation sites is 1. The number of carbonyl (C=O) groups excluding carboxylic acids is 1. The predicted octanol–water partition coefficient (Wildman–Crippen LogP) is 3.30. The van der Waals surface area contributed by atoms with Crippen LogP contribution >= 0.6 is 0 Å². The van der Waals surface area contributed by atoms with Crippen molar-refractivity contribution >= 4 is 16.8 Å². The minimum Gasteiger partial charge on any atom is -0.453 e.